The van der Waals surface area contributed by atoms with Crippen molar-refractivity contribution in [2.75, 3.05) is 0 Å². The molecule has 4 heteroatoms. The normalized spacial score (nSPS) is 10.8. The topological polar surface area (TPSA) is 41.6 Å². The molecule has 0 saturated heterocycles. The van der Waals surface area contributed by atoms with E-state index in [-0.39, 0.29) is 0 Å². The summed E-state index contributed by atoms with van der Waals surface area (Å²) in [4.78, 5) is 11.4. The molecule has 0 aliphatic heterocycles. The van der Waals surface area contributed by atoms with Gasteiger partial charge >= 0.3 is 0 Å². The van der Waals surface area contributed by atoms with Gasteiger partial charge in [-0.1, -0.05) is 6.92 Å². The molecule has 0 aromatic carbocycles. The van der Waals surface area contributed by atoms with Crippen LogP contribution in [0.5, 0.6) is 0 Å². The lowest BCUT2D eigenvalue weighted by molar-refractivity contribution is 1.03. The minimum Gasteiger partial charge on any atom is -0.345 e. The van der Waals surface area contributed by atoms with E-state index in [0.717, 1.165) is 27.6 Å². The second-order valence-corrected chi connectivity index (χ2v) is 3.39. The highest BCUT2D eigenvalue weighted by Crippen LogP contribution is 2.24. The molecule has 12 heavy (non-hydrogen) atoms. The van der Waals surface area contributed by atoms with Gasteiger partial charge in [0.2, 0.25) is 0 Å². The Morgan fingerprint density at radius 3 is 3.08 bits per heavy atom. The van der Waals surface area contributed by atoms with Gasteiger partial charge in [-0.25, -0.2) is 9.97 Å². The first-order valence-electron chi connectivity index (χ1n) is 3.79. The second-order valence-electron chi connectivity index (χ2n) is 2.53. The van der Waals surface area contributed by atoms with Crippen molar-refractivity contribution in [3.05, 3.63) is 22.7 Å². The van der Waals surface area contributed by atoms with E-state index in [1.165, 1.54) is 0 Å². The van der Waals surface area contributed by atoms with Crippen LogP contribution >= 0.6 is 15.9 Å². The van der Waals surface area contributed by atoms with Crippen LogP contribution in [0, 0.1) is 0 Å². The molecule has 0 saturated carbocycles. The summed E-state index contributed by atoms with van der Waals surface area (Å²) in [6.45, 7) is 2.08. The number of hydrogen-bond donors (Lipinski definition) is 1. The van der Waals surface area contributed by atoms with E-state index in [1.807, 2.05) is 6.20 Å². The quantitative estimate of drug-likeness (QED) is 0.810. The number of halogens is 1. The molecule has 0 atom stereocenters. The van der Waals surface area contributed by atoms with Crippen LogP contribution in [0.1, 0.15) is 12.6 Å². The molecule has 0 amide bonds. The van der Waals surface area contributed by atoms with Crippen LogP contribution < -0.4 is 0 Å². The van der Waals surface area contributed by atoms with Gasteiger partial charge in [-0.15, -0.1) is 0 Å². The Balaban J connectivity index is 2.84. The van der Waals surface area contributed by atoms with Crippen LogP contribution in [0.25, 0.3) is 11.0 Å². The second kappa shape index (κ2) is 2.86. The van der Waals surface area contributed by atoms with E-state index in [0.29, 0.717) is 0 Å². The Bertz CT molecular complexity index is 408. The van der Waals surface area contributed by atoms with Gasteiger partial charge in [0, 0.05) is 10.7 Å². The standard InChI is InChI=1S/C8H8BrN3/c1-2-6-7-5(9)3-10-8(7)12-4-11-6/h3-4H,2H2,1H3,(H,10,11,12). The maximum Gasteiger partial charge on any atom is 0.142 e. The van der Waals surface area contributed by atoms with Crippen molar-refractivity contribution in [2.24, 2.45) is 0 Å². The van der Waals surface area contributed by atoms with Crippen molar-refractivity contribution >= 4 is 27.0 Å². The SMILES string of the molecule is CCc1ncnc2[nH]cc(Br)c12. The molecule has 0 spiro atoms. The summed E-state index contributed by atoms with van der Waals surface area (Å²) in [5, 5.41) is 1.10. The molecule has 0 fully saturated rings. The average Bonchev–Trinajstić information content (AvgIpc) is 2.48. The molecule has 0 unspecified atom stereocenters. The molecule has 0 aliphatic carbocycles. The van der Waals surface area contributed by atoms with E-state index in [9.17, 15) is 0 Å². The summed E-state index contributed by atoms with van der Waals surface area (Å²) in [7, 11) is 0. The van der Waals surface area contributed by atoms with E-state index in [4.69, 9.17) is 0 Å². The maximum atomic E-state index is 4.20. The zero-order valence-corrected chi connectivity index (χ0v) is 8.22. The Hall–Kier alpha value is -0.900. The van der Waals surface area contributed by atoms with E-state index in [1.54, 1.807) is 6.33 Å². The van der Waals surface area contributed by atoms with Gasteiger partial charge in [-0.05, 0) is 22.4 Å². The lowest BCUT2D eigenvalue weighted by atomic mass is 10.2. The van der Waals surface area contributed by atoms with Crippen molar-refractivity contribution in [1.29, 1.82) is 0 Å². The zero-order chi connectivity index (χ0) is 8.55. The molecule has 2 aromatic heterocycles. The molecule has 0 radical (unpaired) electrons. The average molecular weight is 226 g/mol. The van der Waals surface area contributed by atoms with Gasteiger partial charge in [0.15, 0.2) is 0 Å². The minimum absolute atomic E-state index is 0.897. The number of nitrogens with one attached hydrogen (secondary N) is 1. The number of hydrogen-bond acceptors (Lipinski definition) is 2. The first-order chi connectivity index (χ1) is 5.83. The van der Waals surface area contributed by atoms with Crippen LogP contribution in [0.3, 0.4) is 0 Å². The number of H-pyrrole nitrogens is 1. The van der Waals surface area contributed by atoms with Gasteiger partial charge < -0.3 is 4.98 Å². The monoisotopic (exact) mass is 225 g/mol. The van der Waals surface area contributed by atoms with Crippen LogP contribution in [-0.2, 0) is 6.42 Å². The summed E-state index contributed by atoms with van der Waals surface area (Å²) in [6, 6.07) is 0. The third kappa shape index (κ3) is 1.03. The molecule has 2 rings (SSSR count). The Morgan fingerprint density at radius 1 is 1.50 bits per heavy atom. The third-order valence-electron chi connectivity index (χ3n) is 1.84. The maximum absolute atomic E-state index is 4.20. The van der Waals surface area contributed by atoms with Gasteiger partial charge in [0.05, 0.1) is 11.1 Å². The molecule has 62 valence electrons. The van der Waals surface area contributed by atoms with Crippen LogP contribution in [0.2, 0.25) is 0 Å². The van der Waals surface area contributed by atoms with Gasteiger partial charge in [0.25, 0.3) is 0 Å². The smallest absolute Gasteiger partial charge is 0.142 e. The van der Waals surface area contributed by atoms with E-state index < -0.39 is 0 Å². The molecule has 2 aromatic rings. The summed E-state index contributed by atoms with van der Waals surface area (Å²) in [6.07, 6.45) is 4.40. The van der Waals surface area contributed by atoms with Crippen molar-refractivity contribution in [3.8, 4) is 0 Å². The zero-order valence-electron chi connectivity index (χ0n) is 6.63. The van der Waals surface area contributed by atoms with E-state index in [2.05, 4.69) is 37.8 Å². The Kier molecular flexibility index (Phi) is 1.84. The van der Waals surface area contributed by atoms with Crippen LogP contribution in [-0.4, -0.2) is 15.0 Å². The molecule has 0 bridgehead atoms. The predicted molar refractivity (Wildman–Crippen MR) is 51.0 cm³/mol. The highest BCUT2D eigenvalue weighted by molar-refractivity contribution is 9.10. The largest absolute Gasteiger partial charge is 0.345 e. The summed E-state index contributed by atoms with van der Waals surface area (Å²) in [5.41, 5.74) is 1.97. The minimum atomic E-state index is 0.897. The highest BCUT2D eigenvalue weighted by Gasteiger charge is 2.06. The molecule has 0 aliphatic rings. The molecular weight excluding hydrogens is 218 g/mol. The van der Waals surface area contributed by atoms with Crippen LogP contribution in [0.15, 0.2) is 17.0 Å². The van der Waals surface area contributed by atoms with Crippen molar-refractivity contribution < 1.29 is 0 Å². The number of aryl methyl sites for hydroxylation is 1. The number of fused-ring (bicyclic) bond motifs is 1. The molecular formula is C8H8BrN3. The van der Waals surface area contributed by atoms with Crippen molar-refractivity contribution in [2.45, 2.75) is 13.3 Å². The number of rotatable bonds is 1. The van der Waals surface area contributed by atoms with Crippen LogP contribution in [0.4, 0.5) is 0 Å². The molecule has 3 nitrogen and oxygen atoms in total. The number of aromatic nitrogens is 3. The highest BCUT2D eigenvalue weighted by atomic mass is 79.9. The summed E-state index contributed by atoms with van der Waals surface area (Å²) in [5.74, 6) is 0. The first kappa shape index (κ1) is 7.73. The molecule has 1 N–H and O–H groups in total. The molecule has 2 heterocycles. The van der Waals surface area contributed by atoms with Crippen molar-refractivity contribution in [3.63, 3.8) is 0 Å². The third-order valence-corrected chi connectivity index (χ3v) is 2.46. The summed E-state index contributed by atoms with van der Waals surface area (Å²) >= 11 is 3.45. The fourth-order valence-electron chi connectivity index (χ4n) is 1.25. The van der Waals surface area contributed by atoms with E-state index >= 15 is 0 Å². The van der Waals surface area contributed by atoms with Crippen molar-refractivity contribution in [1.82, 2.24) is 15.0 Å². The predicted octanol–water partition coefficient (Wildman–Crippen LogP) is 2.28. The Labute approximate surface area is 78.4 Å². The van der Waals surface area contributed by atoms with Gasteiger partial charge in [-0.3, -0.25) is 0 Å². The Morgan fingerprint density at radius 2 is 2.33 bits per heavy atom. The first-order valence-corrected chi connectivity index (χ1v) is 4.58. The lowest BCUT2D eigenvalue weighted by Gasteiger charge is -1.96. The summed E-state index contributed by atoms with van der Waals surface area (Å²) < 4.78 is 1.04. The lowest BCUT2D eigenvalue weighted by Crippen LogP contribution is -1.89. The fraction of sp³-hybridized carbons (Fsp3) is 0.250. The fourth-order valence-corrected chi connectivity index (χ4v) is 1.79. The number of aromatic amines is 1. The van der Waals surface area contributed by atoms with Gasteiger partial charge in [-0.2, -0.15) is 0 Å². The van der Waals surface area contributed by atoms with Gasteiger partial charge in [0.1, 0.15) is 12.0 Å². The number of nitrogens with zero attached hydrogens (tertiary/aromatic N) is 2.